The molecule has 0 heterocycles. The molecule has 218 valence electrons. The van der Waals surface area contributed by atoms with E-state index in [-0.39, 0.29) is 22.8 Å². The molecule has 0 fully saturated rings. The van der Waals surface area contributed by atoms with Crippen LogP contribution in [0.1, 0.15) is 33.3 Å². The van der Waals surface area contributed by atoms with Gasteiger partial charge < -0.3 is 15.0 Å². The maximum absolute atomic E-state index is 13.9. The number of benzene rings is 3. The number of hydrogen-bond donors (Lipinski definition) is 1. The van der Waals surface area contributed by atoms with Crippen molar-refractivity contribution in [2.75, 3.05) is 18.0 Å². The molecule has 2 amide bonds. The van der Waals surface area contributed by atoms with Crippen molar-refractivity contribution < 1.29 is 27.7 Å². The maximum Gasteiger partial charge on any atom is 0.271 e. The van der Waals surface area contributed by atoms with Crippen LogP contribution in [0.5, 0.6) is 5.75 Å². The number of methoxy groups -OCH3 is 1. The fourth-order valence-corrected chi connectivity index (χ4v) is 5.42. The molecule has 1 atom stereocenters. The van der Waals surface area contributed by atoms with Gasteiger partial charge in [0, 0.05) is 24.2 Å². The summed E-state index contributed by atoms with van der Waals surface area (Å²) in [5.74, 6) is -0.494. The number of nitro benzene ring substituents is 1. The molecular formula is C29H34N4O7S. The van der Waals surface area contributed by atoms with Crippen LogP contribution in [0.4, 0.5) is 11.4 Å². The van der Waals surface area contributed by atoms with Crippen molar-refractivity contribution in [3.8, 4) is 5.75 Å². The number of rotatable bonds is 11. The molecule has 11 nitrogen and oxygen atoms in total. The lowest BCUT2D eigenvalue weighted by atomic mass is 10.1. The van der Waals surface area contributed by atoms with Crippen LogP contribution < -0.4 is 14.4 Å². The number of carbonyl (C=O) groups excluding carboxylic acids is 2. The van der Waals surface area contributed by atoms with Gasteiger partial charge in [-0.25, -0.2) is 8.42 Å². The Balaban J connectivity index is 2.06. The number of amides is 2. The molecule has 0 saturated carbocycles. The first kappa shape index (κ1) is 31.1. The van der Waals surface area contributed by atoms with Gasteiger partial charge in [0.2, 0.25) is 11.8 Å². The summed E-state index contributed by atoms with van der Waals surface area (Å²) in [4.78, 5) is 39.1. The van der Waals surface area contributed by atoms with Gasteiger partial charge in [-0.2, -0.15) is 0 Å². The lowest BCUT2D eigenvalue weighted by Gasteiger charge is -2.33. The van der Waals surface area contributed by atoms with Crippen LogP contribution >= 0.6 is 0 Å². The van der Waals surface area contributed by atoms with E-state index < -0.39 is 44.9 Å². The summed E-state index contributed by atoms with van der Waals surface area (Å²) < 4.78 is 33.6. The predicted octanol–water partition coefficient (Wildman–Crippen LogP) is 4.13. The molecule has 1 N–H and O–H groups in total. The van der Waals surface area contributed by atoms with Crippen LogP contribution in [0.2, 0.25) is 0 Å². The van der Waals surface area contributed by atoms with Crippen molar-refractivity contribution in [2.24, 2.45) is 0 Å². The van der Waals surface area contributed by atoms with E-state index in [1.54, 1.807) is 37.3 Å². The summed E-state index contributed by atoms with van der Waals surface area (Å²) in [6.45, 7) is 6.28. The number of non-ortho nitro benzene ring substituents is 1. The lowest BCUT2D eigenvalue weighted by molar-refractivity contribution is -0.384. The molecule has 3 aromatic carbocycles. The molecule has 0 saturated heterocycles. The molecule has 0 aliphatic heterocycles. The van der Waals surface area contributed by atoms with Gasteiger partial charge in [-0.15, -0.1) is 0 Å². The summed E-state index contributed by atoms with van der Waals surface area (Å²) in [7, 11) is -2.81. The van der Waals surface area contributed by atoms with E-state index in [2.05, 4.69) is 5.32 Å². The Morgan fingerprint density at radius 1 is 1.00 bits per heavy atom. The van der Waals surface area contributed by atoms with Crippen molar-refractivity contribution in [3.05, 3.63) is 94.5 Å². The van der Waals surface area contributed by atoms with Crippen LogP contribution in [0.15, 0.2) is 83.8 Å². The highest BCUT2D eigenvalue weighted by molar-refractivity contribution is 7.92. The number of carbonyl (C=O) groups is 2. The van der Waals surface area contributed by atoms with Gasteiger partial charge in [0.15, 0.2) is 0 Å². The summed E-state index contributed by atoms with van der Waals surface area (Å²) in [5, 5.41) is 14.3. The highest BCUT2D eigenvalue weighted by Crippen LogP contribution is 2.27. The molecule has 1 unspecified atom stereocenters. The van der Waals surface area contributed by atoms with Gasteiger partial charge in [0.25, 0.3) is 15.7 Å². The second-order valence-corrected chi connectivity index (χ2v) is 12.2. The molecule has 3 aromatic rings. The Labute approximate surface area is 239 Å². The van der Waals surface area contributed by atoms with Crippen LogP contribution in [0.25, 0.3) is 0 Å². The summed E-state index contributed by atoms with van der Waals surface area (Å²) in [6.07, 6.45) is 0. The van der Waals surface area contributed by atoms with Crippen LogP contribution in [-0.4, -0.2) is 55.3 Å². The average molecular weight is 583 g/mol. The zero-order chi connectivity index (χ0) is 30.4. The second-order valence-electron chi connectivity index (χ2n) is 10.4. The summed E-state index contributed by atoms with van der Waals surface area (Å²) in [5.41, 5.74) is -0.294. The number of nitro groups is 1. The summed E-state index contributed by atoms with van der Waals surface area (Å²) >= 11 is 0. The van der Waals surface area contributed by atoms with E-state index in [0.29, 0.717) is 11.3 Å². The lowest BCUT2D eigenvalue weighted by Crippen LogP contribution is -2.54. The van der Waals surface area contributed by atoms with E-state index in [9.17, 15) is 28.1 Å². The van der Waals surface area contributed by atoms with Crippen LogP contribution in [-0.2, 0) is 26.2 Å². The molecular weight excluding hydrogens is 548 g/mol. The SMILES string of the molecule is COc1ccc(CN(C(=O)CN(c2cccc([N+](=O)[O-])c2)S(=O)(=O)c2ccccc2)C(C)C(=O)NC(C)(C)C)cc1. The number of ether oxygens (including phenoxy) is 1. The van der Waals surface area contributed by atoms with E-state index in [1.165, 1.54) is 54.5 Å². The second kappa shape index (κ2) is 12.8. The molecule has 0 aliphatic rings. The highest BCUT2D eigenvalue weighted by Gasteiger charge is 2.33. The number of nitrogens with one attached hydrogen (secondary N) is 1. The highest BCUT2D eigenvalue weighted by atomic mass is 32.2. The quantitative estimate of drug-likeness (QED) is 0.265. The molecule has 12 heteroatoms. The van der Waals surface area contributed by atoms with Gasteiger partial charge in [-0.1, -0.05) is 36.4 Å². The topological polar surface area (TPSA) is 139 Å². The van der Waals surface area contributed by atoms with Crippen molar-refractivity contribution in [2.45, 2.75) is 50.7 Å². The fourth-order valence-electron chi connectivity index (χ4n) is 3.99. The molecule has 0 bridgehead atoms. The minimum absolute atomic E-state index is 0.00425. The first-order valence-electron chi connectivity index (χ1n) is 12.8. The Kier molecular flexibility index (Phi) is 9.71. The third-order valence-corrected chi connectivity index (χ3v) is 7.90. The van der Waals surface area contributed by atoms with E-state index in [0.717, 1.165) is 10.4 Å². The maximum atomic E-state index is 13.9. The Morgan fingerprint density at radius 2 is 1.63 bits per heavy atom. The fraction of sp³-hybridized carbons (Fsp3) is 0.310. The monoisotopic (exact) mass is 582 g/mol. The van der Waals surface area contributed by atoms with Gasteiger partial charge >= 0.3 is 0 Å². The number of anilines is 1. The van der Waals surface area contributed by atoms with Crippen molar-refractivity contribution in [1.82, 2.24) is 10.2 Å². The molecule has 0 radical (unpaired) electrons. The third kappa shape index (κ3) is 8.04. The first-order valence-corrected chi connectivity index (χ1v) is 14.2. The smallest absolute Gasteiger partial charge is 0.271 e. The predicted molar refractivity (Wildman–Crippen MR) is 155 cm³/mol. The molecule has 0 aromatic heterocycles. The standard InChI is InChI=1S/C29H34N4O7S/c1-21(28(35)30-29(2,3)4)31(19-22-14-16-25(40-5)17-15-22)27(34)20-32(23-10-9-11-24(18-23)33(36)37)41(38,39)26-12-7-6-8-13-26/h6-18,21H,19-20H2,1-5H3,(H,30,35). The Hall–Kier alpha value is -4.45. The Bertz CT molecular complexity index is 1490. The van der Waals surface area contributed by atoms with E-state index in [1.807, 2.05) is 20.8 Å². The third-order valence-electron chi connectivity index (χ3n) is 6.12. The zero-order valence-corrected chi connectivity index (χ0v) is 24.4. The zero-order valence-electron chi connectivity index (χ0n) is 23.6. The normalized spacial score (nSPS) is 12.2. The van der Waals surface area contributed by atoms with Crippen LogP contribution in [0, 0.1) is 10.1 Å². The molecule has 41 heavy (non-hydrogen) atoms. The van der Waals surface area contributed by atoms with Crippen molar-refractivity contribution in [3.63, 3.8) is 0 Å². The van der Waals surface area contributed by atoms with E-state index >= 15 is 0 Å². The van der Waals surface area contributed by atoms with Gasteiger partial charge in [0.05, 0.1) is 22.6 Å². The van der Waals surface area contributed by atoms with Crippen LogP contribution in [0.3, 0.4) is 0 Å². The number of nitrogens with zero attached hydrogens (tertiary/aromatic N) is 3. The van der Waals surface area contributed by atoms with Crippen molar-refractivity contribution >= 4 is 33.2 Å². The van der Waals surface area contributed by atoms with Gasteiger partial charge in [-0.05, 0) is 63.6 Å². The minimum Gasteiger partial charge on any atom is -0.497 e. The number of hydrogen-bond acceptors (Lipinski definition) is 7. The molecule has 0 spiro atoms. The summed E-state index contributed by atoms with van der Waals surface area (Å²) in [6, 6.07) is 18.5. The Morgan fingerprint density at radius 3 is 2.20 bits per heavy atom. The van der Waals surface area contributed by atoms with E-state index in [4.69, 9.17) is 4.74 Å². The molecule has 0 aliphatic carbocycles. The van der Waals surface area contributed by atoms with Gasteiger partial charge in [0.1, 0.15) is 18.3 Å². The first-order chi connectivity index (χ1) is 19.2. The molecule has 3 rings (SSSR count). The number of sulfonamides is 1. The van der Waals surface area contributed by atoms with Crippen molar-refractivity contribution in [1.29, 1.82) is 0 Å². The van der Waals surface area contributed by atoms with Gasteiger partial charge in [-0.3, -0.25) is 24.0 Å². The minimum atomic E-state index is -4.34. The average Bonchev–Trinajstić information content (AvgIpc) is 2.94. The largest absolute Gasteiger partial charge is 0.497 e.